The molecular weight excluding hydrogens is 821 g/mol. The van der Waals surface area contributed by atoms with Gasteiger partial charge >= 0.3 is 11.9 Å². The first-order chi connectivity index (χ1) is 31.6. The Kier molecular flexibility index (Phi) is 11.8. The number of carboxylic acid groups (broad SMARTS) is 1. The Morgan fingerprint density at radius 2 is 1.12 bits per heavy atom. The summed E-state index contributed by atoms with van der Waals surface area (Å²) < 4.78 is 8.35. The van der Waals surface area contributed by atoms with Crippen LogP contribution in [0.3, 0.4) is 0 Å². The number of esters is 1. The number of aromatic carboxylic acids is 1. The molecule has 2 aliphatic heterocycles. The maximum absolute atomic E-state index is 12.2. The van der Waals surface area contributed by atoms with Crippen LogP contribution >= 0.6 is 0 Å². The van der Waals surface area contributed by atoms with Gasteiger partial charge in [0, 0.05) is 61.1 Å². The van der Waals surface area contributed by atoms with Crippen molar-refractivity contribution in [2.24, 2.45) is 0 Å². The molecule has 65 heavy (non-hydrogen) atoms. The molecule has 330 valence electrons. The van der Waals surface area contributed by atoms with Gasteiger partial charge in [0.25, 0.3) is 0 Å². The molecule has 0 aliphatic carbocycles. The SMILES string of the molecule is COC(=O)c1cccc(-c2cc(Nc3cccc(N4CCC[C@@H]4C)n3)c3nccn3n2)c1C.Cc1c(C(=O)O)cccc1-c1cc(Nc2cccc(N3CCC[C@@H]3C)n2)c2nccn2n1. The van der Waals surface area contributed by atoms with Crippen molar-refractivity contribution >= 4 is 57.9 Å². The van der Waals surface area contributed by atoms with Crippen LogP contribution in [-0.4, -0.2) is 88.5 Å². The number of pyridine rings is 2. The zero-order valence-corrected chi connectivity index (χ0v) is 36.9. The number of carbonyl (C=O) groups is 2. The Morgan fingerprint density at radius 3 is 1.57 bits per heavy atom. The minimum absolute atomic E-state index is 0.263. The Balaban J connectivity index is 0.000000164. The predicted octanol–water partition coefficient (Wildman–Crippen LogP) is 9.15. The molecule has 0 spiro atoms. The van der Waals surface area contributed by atoms with Gasteiger partial charge in [-0.3, -0.25) is 0 Å². The third-order valence-corrected chi connectivity index (χ3v) is 12.3. The lowest BCUT2D eigenvalue weighted by Crippen LogP contribution is -2.27. The lowest BCUT2D eigenvalue weighted by atomic mass is 9.99. The fourth-order valence-electron chi connectivity index (χ4n) is 8.80. The largest absolute Gasteiger partial charge is 0.478 e. The minimum Gasteiger partial charge on any atom is -0.478 e. The van der Waals surface area contributed by atoms with Crippen molar-refractivity contribution in [3.05, 3.63) is 132 Å². The molecule has 0 unspecified atom stereocenters. The van der Waals surface area contributed by atoms with Crippen LogP contribution in [0.15, 0.2) is 110 Å². The number of methoxy groups -OCH3 is 1. The quantitative estimate of drug-likeness (QED) is 0.111. The van der Waals surface area contributed by atoms with Crippen molar-refractivity contribution in [2.75, 3.05) is 40.6 Å². The number of hydrogen-bond donors (Lipinski definition) is 3. The van der Waals surface area contributed by atoms with E-state index in [-0.39, 0.29) is 11.5 Å². The van der Waals surface area contributed by atoms with Crippen LogP contribution < -0.4 is 20.4 Å². The molecule has 2 atom stereocenters. The molecule has 0 amide bonds. The molecule has 2 fully saturated rings. The molecule has 2 aromatic carbocycles. The second-order valence-corrected chi connectivity index (χ2v) is 16.4. The zero-order valence-electron chi connectivity index (χ0n) is 36.9. The summed E-state index contributed by atoms with van der Waals surface area (Å²) in [7, 11) is 1.39. The molecule has 8 aromatic rings. The number of ether oxygens (including phenoxy) is 1. The second kappa shape index (κ2) is 18.1. The molecule has 10 rings (SSSR count). The lowest BCUT2D eigenvalue weighted by Gasteiger charge is -2.23. The van der Waals surface area contributed by atoms with Gasteiger partial charge in [0.15, 0.2) is 11.3 Å². The molecule has 2 saturated heterocycles. The predicted molar refractivity (Wildman–Crippen MR) is 252 cm³/mol. The highest BCUT2D eigenvalue weighted by molar-refractivity contribution is 5.94. The smallest absolute Gasteiger partial charge is 0.338 e. The summed E-state index contributed by atoms with van der Waals surface area (Å²) in [5.41, 5.74) is 8.14. The molecule has 3 N–H and O–H groups in total. The van der Waals surface area contributed by atoms with E-state index in [1.54, 1.807) is 58.9 Å². The number of benzene rings is 2. The first-order valence-corrected chi connectivity index (χ1v) is 21.8. The van der Waals surface area contributed by atoms with Crippen LogP contribution in [-0.2, 0) is 4.74 Å². The number of nitrogens with zero attached hydrogens (tertiary/aromatic N) is 10. The summed E-state index contributed by atoms with van der Waals surface area (Å²) in [6.07, 6.45) is 11.7. The van der Waals surface area contributed by atoms with Crippen LogP contribution in [0.2, 0.25) is 0 Å². The number of carboxylic acids is 1. The van der Waals surface area contributed by atoms with E-state index in [1.807, 2.05) is 67.6 Å². The van der Waals surface area contributed by atoms with E-state index < -0.39 is 5.97 Å². The summed E-state index contributed by atoms with van der Waals surface area (Å²) in [6.45, 7) is 10.2. The zero-order chi connectivity index (χ0) is 45.2. The van der Waals surface area contributed by atoms with Gasteiger partial charge in [-0.15, -0.1) is 0 Å². The highest BCUT2D eigenvalue weighted by atomic mass is 16.5. The molecular formula is C49H50N12O4. The third kappa shape index (κ3) is 8.62. The van der Waals surface area contributed by atoms with E-state index in [4.69, 9.17) is 19.8 Å². The van der Waals surface area contributed by atoms with E-state index in [1.165, 1.54) is 32.8 Å². The van der Waals surface area contributed by atoms with Crippen molar-refractivity contribution in [1.29, 1.82) is 0 Å². The monoisotopic (exact) mass is 870 g/mol. The summed E-state index contributed by atoms with van der Waals surface area (Å²) in [4.78, 5) is 47.0. The number of aromatic nitrogens is 8. The average molecular weight is 871 g/mol. The summed E-state index contributed by atoms with van der Waals surface area (Å²) in [5, 5.41) is 25.7. The van der Waals surface area contributed by atoms with Gasteiger partial charge in [0.1, 0.15) is 23.3 Å². The van der Waals surface area contributed by atoms with Crippen LogP contribution in [0.4, 0.5) is 34.6 Å². The van der Waals surface area contributed by atoms with Gasteiger partial charge in [0.2, 0.25) is 0 Å². The highest BCUT2D eigenvalue weighted by Crippen LogP contribution is 2.33. The maximum atomic E-state index is 12.2. The maximum Gasteiger partial charge on any atom is 0.338 e. The first-order valence-electron chi connectivity index (χ1n) is 21.8. The molecule has 0 radical (unpaired) electrons. The topological polar surface area (TPSA) is 180 Å². The number of rotatable bonds is 10. The highest BCUT2D eigenvalue weighted by Gasteiger charge is 2.24. The minimum atomic E-state index is -0.955. The van der Waals surface area contributed by atoms with Crippen LogP contribution in [0.5, 0.6) is 0 Å². The van der Waals surface area contributed by atoms with Gasteiger partial charge in [-0.25, -0.2) is 38.6 Å². The Labute approximate surface area is 376 Å². The molecule has 2 aliphatic rings. The first kappa shape index (κ1) is 42.4. The van der Waals surface area contributed by atoms with Crippen molar-refractivity contribution in [3.63, 3.8) is 0 Å². The van der Waals surface area contributed by atoms with Gasteiger partial charge in [-0.2, -0.15) is 10.2 Å². The van der Waals surface area contributed by atoms with Gasteiger partial charge < -0.3 is 30.3 Å². The number of anilines is 6. The summed E-state index contributed by atoms with van der Waals surface area (Å²) in [5.74, 6) is 2.07. The number of imidazole rings is 2. The van der Waals surface area contributed by atoms with Crippen molar-refractivity contribution in [1.82, 2.24) is 39.2 Å². The Morgan fingerprint density at radius 1 is 0.662 bits per heavy atom. The van der Waals surface area contributed by atoms with E-state index in [2.05, 4.69) is 55.4 Å². The van der Waals surface area contributed by atoms with Crippen molar-refractivity contribution in [2.45, 2.75) is 65.5 Å². The standard InChI is InChI=1S/C25H26N6O2.C24H24N6O2/c1-16-7-6-13-30(16)23-11-5-10-22(28-23)27-21-15-20(29-31-14-12-26-24(21)31)18-8-4-9-19(17(18)2)25(32)33-3;1-15-6-5-12-29(15)22-10-4-9-21(27-22)26-20-14-19(28-30-13-11-25-23(20)30)17-7-3-8-18(16(17)2)24(31)32/h4-5,8-12,14-16H,6-7,13H2,1-3H3,(H,27,28);3-4,7-11,13-15H,5-6,12H2,1-2H3,(H,26,27)(H,31,32)/t16-;15-/m00/s1. The van der Waals surface area contributed by atoms with Gasteiger partial charge in [-0.1, -0.05) is 36.4 Å². The normalized spacial score (nSPS) is 15.8. The van der Waals surface area contributed by atoms with E-state index in [0.717, 1.165) is 70.1 Å². The molecule has 8 heterocycles. The molecule has 0 saturated carbocycles. The van der Waals surface area contributed by atoms with Crippen molar-refractivity contribution < 1.29 is 19.4 Å². The van der Waals surface area contributed by atoms with E-state index >= 15 is 0 Å². The molecule has 6 aromatic heterocycles. The van der Waals surface area contributed by atoms with Crippen LogP contribution in [0.1, 0.15) is 71.4 Å². The Bertz CT molecular complexity index is 3050. The number of nitrogens with one attached hydrogen (secondary N) is 2. The van der Waals surface area contributed by atoms with Gasteiger partial charge in [-0.05, 0) is 113 Å². The molecule has 0 bridgehead atoms. The summed E-state index contributed by atoms with van der Waals surface area (Å²) >= 11 is 0. The van der Waals surface area contributed by atoms with Crippen molar-refractivity contribution in [3.8, 4) is 22.5 Å². The summed E-state index contributed by atoms with van der Waals surface area (Å²) in [6, 6.07) is 27.6. The van der Waals surface area contributed by atoms with Crippen LogP contribution in [0.25, 0.3) is 33.8 Å². The van der Waals surface area contributed by atoms with E-state index in [9.17, 15) is 14.7 Å². The van der Waals surface area contributed by atoms with Gasteiger partial charge in [0.05, 0.1) is 41.0 Å². The number of hydrogen-bond acceptors (Lipinski definition) is 13. The number of fused-ring (bicyclic) bond motifs is 2. The van der Waals surface area contributed by atoms with E-state index in [0.29, 0.717) is 40.2 Å². The number of carbonyl (C=O) groups excluding carboxylic acids is 1. The van der Waals surface area contributed by atoms with Crippen LogP contribution in [0, 0.1) is 13.8 Å². The fraction of sp³-hybridized carbons (Fsp3) is 0.265. The third-order valence-electron chi connectivity index (χ3n) is 12.3. The molecule has 16 nitrogen and oxygen atoms in total. The lowest BCUT2D eigenvalue weighted by molar-refractivity contribution is 0.0599. The average Bonchev–Trinajstić information content (AvgIpc) is 4.15. The fourth-order valence-corrected chi connectivity index (χ4v) is 8.80. The molecule has 16 heteroatoms. The second-order valence-electron chi connectivity index (χ2n) is 16.4. The Hall–Kier alpha value is -7.88.